The molecule has 7 nitrogen and oxygen atoms in total. The normalized spacial score (nSPS) is 19.2. The number of aromatic nitrogens is 3. The third-order valence-corrected chi connectivity index (χ3v) is 6.97. The fourth-order valence-corrected chi connectivity index (χ4v) is 5.08. The molecule has 4 rings (SSSR count). The van der Waals surface area contributed by atoms with Gasteiger partial charge in [-0.05, 0) is 56.2 Å². The number of nitrogens with zero attached hydrogens (tertiary/aromatic N) is 5. The lowest BCUT2D eigenvalue weighted by Crippen LogP contribution is -2.46. The van der Waals surface area contributed by atoms with Crippen LogP contribution in [-0.4, -0.2) is 36.4 Å². The highest BCUT2D eigenvalue weighted by Crippen LogP contribution is 2.44. The van der Waals surface area contributed by atoms with Crippen molar-refractivity contribution in [2.24, 2.45) is 10.7 Å². The van der Waals surface area contributed by atoms with Gasteiger partial charge < -0.3 is 5.73 Å². The molecular weight excluding hydrogens is 577 g/mol. The Balaban J connectivity index is 1.76. The van der Waals surface area contributed by atoms with Crippen molar-refractivity contribution < 1.29 is 13.6 Å². The standard InChI is InChI=1S/C24H23BrCl2F2N6O/c1-13(14-4-9-18(26)17(10-14)19-31-12-32-35(19)21(28)29)34-20(36)24(33-22(34)30,11-23(2,3)27)15-5-7-16(25)8-6-15/h4-10,12-13,21H,11H2,1-3H3,(H2,30,33)/t13-,24+/m0/s1. The van der Waals surface area contributed by atoms with E-state index < -0.39 is 23.0 Å². The van der Waals surface area contributed by atoms with E-state index in [1.165, 1.54) is 4.90 Å². The van der Waals surface area contributed by atoms with Crippen molar-refractivity contribution in [3.8, 4) is 11.4 Å². The van der Waals surface area contributed by atoms with Crippen LogP contribution in [0.5, 0.6) is 0 Å². The van der Waals surface area contributed by atoms with Crippen LogP contribution < -0.4 is 5.73 Å². The molecule has 1 aromatic heterocycles. The van der Waals surface area contributed by atoms with E-state index in [4.69, 9.17) is 28.9 Å². The SMILES string of the molecule is C[C@@H](c1ccc(Cl)c(-c2ncnn2C(F)F)c1)N1C(=O)[C@@](CC(C)(C)Cl)(c2ccc(Br)cc2)N=C1N. The summed E-state index contributed by atoms with van der Waals surface area (Å²) >= 11 is 16.3. The third kappa shape index (κ3) is 4.86. The van der Waals surface area contributed by atoms with Crippen LogP contribution in [0.4, 0.5) is 8.78 Å². The van der Waals surface area contributed by atoms with Gasteiger partial charge in [0.1, 0.15) is 6.33 Å². The molecule has 1 aliphatic rings. The molecule has 1 aliphatic heterocycles. The monoisotopic (exact) mass is 598 g/mol. The van der Waals surface area contributed by atoms with Gasteiger partial charge in [-0.2, -0.15) is 18.6 Å². The summed E-state index contributed by atoms with van der Waals surface area (Å²) in [6.45, 7) is 2.50. The van der Waals surface area contributed by atoms with Gasteiger partial charge in [0.25, 0.3) is 5.91 Å². The second-order valence-corrected chi connectivity index (χ2v) is 11.5. The second-order valence-electron chi connectivity index (χ2n) is 9.13. The van der Waals surface area contributed by atoms with Crippen molar-refractivity contribution >= 4 is 51.0 Å². The lowest BCUT2D eigenvalue weighted by Gasteiger charge is -2.33. The van der Waals surface area contributed by atoms with Gasteiger partial charge in [0.15, 0.2) is 17.3 Å². The lowest BCUT2D eigenvalue weighted by atomic mass is 9.81. The average molecular weight is 600 g/mol. The molecule has 2 atom stereocenters. The summed E-state index contributed by atoms with van der Waals surface area (Å²) < 4.78 is 28.2. The number of halogens is 5. The predicted octanol–water partition coefficient (Wildman–Crippen LogP) is 6.28. The number of carbonyl (C=O) groups excluding carboxylic acids is 1. The Bertz CT molecular complexity index is 1320. The summed E-state index contributed by atoms with van der Waals surface area (Å²) in [5, 5.41) is 3.79. The van der Waals surface area contributed by atoms with E-state index >= 15 is 0 Å². The summed E-state index contributed by atoms with van der Waals surface area (Å²) in [5.74, 6) is -0.397. The number of hydrogen-bond donors (Lipinski definition) is 1. The fraction of sp³-hybridized carbons (Fsp3) is 0.333. The van der Waals surface area contributed by atoms with Crippen molar-refractivity contribution in [3.05, 3.63) is 69.4 Å². The molecular formula is C24H23BrCl2F2N6O. The van der Waals surface area contributed by atoms with Crippen molar-refractivity contribution in [1.82, 2.24) is 19.7 Å². The molecule has 0 fully saturated rings. The van der Waals surface area contributed by atoms with Crippen LogP contribution in [-0.2, 0) is 10.3 Å². The number of nitrogens with two attached hydrogens (primary N) is 1. The van der Waals surface area contributed by atoms with Gasteiger partial charge in [0, 0.05) is 21.3 Å². The van der Waals surface area contributed by atoms with Gasteiger partial charge in [-0.3, -0.25) is 9.69 Å². The molecule has 2 N–H and O–H groups in total. The van der Waals surface area contributed by atoms with Gasteiger partial charge in [-0.1, -0.05) is 45.7 Å². The highest BCUT2D eigenvalue weighted by atomic mass is 79.9. The average Bonchev–Trinajstić information content (AvgIpc) is 3.37. The first-order valence-electron chi connectivity index (χ1n) is 11.0. The van der Waals surface area contributed by atoms with E-state index in [2.05, 4.69) is 31.0 Å². The number of rotatable bonds is 7. The first-order chi connectivity index (χ1) is 16.8. The summed E-state index contributed by atoms with van der Waals surface area (Å²) in [5.41, 5.74) is 6.53. The fourth-order valence-electron chi connectivity index (χ4n) is 4.42. The van der Waals surface area contributed by atoms with Gasteiger partial charge in [0.05, 0.1) is 11.1 Å². The lowest BCUT2D eigenvalue weighted by molar-refractivity contribution is -0.133. The van der Waals surface area contributed by atoms with Crippen LogP contribution >= 0.6 is 39.1 Å². The van der Waals surface area contributed by atoms with Gasteiger partial charge >= 0.3 is 6.55 Å². The van der Waals surface area contributed by atoms with E-state index in [9.17, 15) is 13.6 Å². The number of aliphatic imine (C=N–C) groups is 1. The second kappa shape index (κ2) is 9.72. The number of guanidine groups is 1. The summed E-state index contributed by atoms with van der Waals surface area (Å²) in [7, 11) is 0. The Hall–Kier alpha value is -2.56. The first-order valence-corrected chi connectivity index (χ1v) is 12.5. The molecule has 0 bridgehead atoms. The molecule has 0 saturated heterocycles. The maximum atomic E-state index is 14.0. The highest BCUT2D eigenvalue weighted by molar-refractivity contribution is 9.10. The van der Waals surface area contributed by atoms with E-state index in [0.717, 1.165) is 10.8 Å². The first kappa shape index (κ1) is 26.5. The van der Waals surface area contributed by atoms with Crippen LogP contribution in [0, 0.1) is 0 Å². The van der Waals surface area contributed by atoms with Gasteiger partial charge in [-0.25, -0.2) is 9.98 Å². The minimum atomic E-state index is -2.90. The van der Waals surface area contributed by atoms with Crippen molar-refractivity contribution in [2.45, 2.75) is 50.2 Å². The van der Waals surface area contributed by atoms with Crippen LogP contribution in [0.3, 0.4) is 0 Å². The molecule has 0 spiro atoms. The number of alkyl halides is 3. The van der Waals surface area contributed by atoms with E-state index in [-0.39, 0.29) is 34.7 Å². The van der Waals surface area contributed by atoms with Crippen molar-refractivity contribution in [2.75, 3.05) is 0 Å². The Labute approximate surface area is 225 Å². The van der Waals surface area contributed by atoms with E-state index in [1.807, 2.05) is 38.1 Å². The van der Waals surface area contributed by atoms with Crippen LogP contribution in [0.2, 0.25) is 5.02 Å². The molecule has 12 heteroatoms. The van der Waals surface area contributed by atoms with Crippen LogP contribution in [0.1, 0.15) is 50.9 Å². The largest absolute Gasteiger partial charge is 0.369 e. The Morgan fingerprint density at radius 3 is 2.47 bits per heavy atom. The Morgan fingerprint density at radius 1 is 1.19 bits per heavy atom. The number of benzene rings is 2. The molecule has 1 amide bonds. The minimum absolute atomic E-state index is 0.0311. The van der Waals surface area contributed by atoms with E-state index in [0.29, 0.717) is 15.8 Å². The quantitative estimate of drug-likeness (QED) is 0.324. The van der Waals surface area contributed by atoms with Crippen LogP contribution in [0.25, 0.3) is 11.4 Å². The summed E-state index contributed by atoms with van der Waals surface area (Å²) in [4.78, 5) is 23.3. The molecule has 0 saturated carbocycles. The Kier molecular flexibility index (Phi) is 7.15. The molecule has 36 heavy (non-hydrogen) atoms. The van der Waals surface area contributed by atoms with Crippen molar-refractivity contribution in [3.63, 3.8) is 0 Å². The predicted molar refractivity (Wildman–Crippen MR) is 139 cm³/mol. The Morgan fingerprint density at radius 2 is 1.86 bits per heavy atom. The zero-order chi connectivity index (χ0) is 26.4. The molecule has 0 radical (unpaired) electrons. The van der Waals surface area contributed by atoms with Crippen LogP contribution in [0.15, 0.2) is 58.3 Å². The minimum Gasteiger partial charge on any atom is -0.369 e. The summed E-state index contributed by atoms with van der Waals surface area (Å²) in [6.07, 6.45) is 1.23. The highest BCUT2D eigenvalue weighted by Gasteiger charge is 2.52. The topological polar surface area (TPSA) is 89.4 Å². The van der Waals surface area contributed by atoms with Gasteiger partial charge in [0.2, 0.25) is 0 Å². The molecule has 190 valence electrons. The molecule has 2 aromatic carbocycles. The van der Waals surface area contributed by atoms with E-state index in [1.54, 1.807) is 25.1 Å². The summed E-state index contributed by atoms with van der Waals surface area (Å²) in [6, 6.07) is 11.5. The third-order valence-electron chi connectivity index (χ3n) is 5.98. The number of hydrogen-bond acceptors (Lipinski definition) is 5. The molecule has 3 aromatic rings. The zero-order valence-electron chi connectivity index (χ0n) is 19.6. The maximum Gasteiger partial charge on any atom is 0.335 e. The molecule has 2 heterocycles. The zero-order valence-corrected chi connectivity index (χ0v) is 22.7. The number of amides is 1. The molecule has 0 aliphatic carbocycles. The van der Waals surface area contributed by atoms with Crippen molar-refractivity contribution in [1.29, 1.82) is 0 Å². The number of carbonyl (C=O) groups is 1. The van der Waals surface area contributed by atoms with Gasteiger partial charge in [-0.15, -0.1) is 11.6 Å². The smallest absolute Gasteiger partial charge is 0.335 e. The molecule has 0 unspecified atom stereocenters. The maximum absolute atomic E-state index is 14.0.